The molecule has 0 radical (unpaired) electrons. The molecule has 0 N–H and O–H groups in total. The van der Waals surface area contributed by atoms with E-state index >= 15 is 0 Å². The third-order valence-corrected chi connectivity index (χ3v) is 4.77. The lowest BCUT2D eigenvalue weighted by Gasteiger charge is -2.36. The van der Waals surface area contributed by atoms with Gasteiger partial charge in [0, 0.05) is 24.7 Å². The van der Waals surface area contributed by atoms with Crippen molar-refractivity contribution in [3.05, 3.63) is 16.1 Å². The van der Waals surface area contributed by atoms with E-state index in [4.69, 9.17) is 9.47 Å². The maximum Gasteiger partial charge on any atom is 0.252 e. The molecule has 1 aliphatic heterocycles. The number of piperidine rings is 1. The number of carbonyl (C=O) groups excluding carboxylic acids is 1. The normalized spacial score (nSPS) is 20.5. The first-order chi connectivity index (χ1) is 10.1. The van der Waals surface area contributed by atoms with Crippen molar-refractivity contribution in [2.45, 2.75) is 45.3 Å². The molecule has 0 unspecified atom stereocenters. The van der Waals surface area contributed by atoms with Crippen molar-refractivity contribution in [1.82, 2.24) is 9.88 Å². The lowest BCUT2D eigenvalue weighted by molar-refractivity contribution is -0.147. The summed E-state index contributed by atoms with van der Waals surface area (Å²) in [6, 6.07) is 0.110. The van der Waals surface area contributed by atoms with Crippen LogP contribution in [-0.2, 0) is 14.3 Å². The van der Waals surface area contributed by atoms with E-state index < -0.39 is 6.10 Å². The number of nitrogens with zero attached hydrogens (tertiary/aromatic N) is 2. The Kier molecular flexibility index (Phi) is 6.14. The monoisotopic (exact) mass is 312 g/mol. The van der Waals surface area contributed by atoms with Crippen molar-refractivity contribution in [1.29, 1.82) is 0 Å². The van der Waals surface area contributed by atoms with Gasteiger partial charge in [-0.15, -0.1) is 11.3 Å². The van der Waals surface area contributed by atoms with E-state index in [1.807, 2.05) is 24.1 Å². The van der Waals surface area contributed by atoms with Crippen molar-refractivity contribution in [3.8, 4) is 0 Å². The molecule has 1 aliphatic rings. The van der Waals surface area contributed by atoms with Gasteiger partial charge < -0.3 is 14.4 Å². The summed E-state index contributed by atoms with van der Waals surface area (Å²) < 4.78 is 10.5. The molecule has 2 heterocycles. The molecule has 21 heavy (non-hydrogen) atoms. The molecular weight excluding hydrogens is 288 g/mol. The van der Waals surface area contributed by atoms with Gasteiger partial charge >= 0.3 is 0 Å². The smallest absolute Gasteiger partial charge is 0.252 e. The zero-order valence-electron chi connectivity index (χ0n) is 13.0. The molecule has 0 aromatic carbocycles. The highest BCUT2D eigenvalue weighted by Crippen LogP contribution is 2.33. The number of aryl methyl sites for hydroxylation is 1. The summed E-state index contributed by atoms with van der Waals surface area (Å²) in [6.45, 7) is 5.55. The van der Waals surface area contributed by atoms with Crippen molar-refractivity contribution in [2.75, 3.05) is 26.9 Å². The quantitative estimate of drug-likeness (QED) is 0.758. The van der Waals surface area contributed by atoms with Gasteiger partial charge in [-0.3, -0.25) is 4.79 Å². The first-order valence-corrected chi connectivity index (χ1v) is 8.34. The van der Waals surface area contributed by atoms with Gasteiger partial charge in [-0.25, -0.2) is 4.98 Å². The molecule has 118 valence electrons. The zero-order chi connectivity index (χ0) is 15.2. The SMILES string of the molecule is COCCO[C@@H](C)C(=O)N1CCCC[C@@H]1c1nc(C)cs1. The predicted octanol–water partition coefficient (Wildman–Crippen LogP) is 2.56. The molecule has 6 heteroatoms. The van der Waals surface area contributed by atoms with Gasteiger partial charge in [0.15, 0.2) is 0 Å². The van der Waals surface area contributed by atoms with E-state index in [9.17, 15) is 4.79 Å². The number of amides is 1. The molecule has 0 aliphatic carbocycles. The fourth-order valence-electron chi connectivity index (χ4n) is 2.59. The number of hydrogen-bond donors (Lipinski definition) is 0. The molecule has 2 atom stereocenters. The molecule has 1 fully saturated rings. The van der Waals surface area contributed by atoms with Gasteiger partial charge in [0.1, 0.15) is 11.1 Å². The van der Waals surface area contributed by atoms with E-state index in [1.165, 1.54) is 0 Å². The first kappa shape index (κ1) is 16.4. The number of methoxy groups -OCH3 is 1. The van der Waals surface area contributed by atoms with Gasteiger partial charge in [-0.05, 0) is 33.1 Å². The number of likely N-dealkylation sites (tertiary alicyclic amines) is 1. The van der Waals surface area contributed by atoms with E-state index in [1.54, 1.807) is 18.4 Å². The Morgan fingerprint density at radius 2 is 2.33 bits per heavy atom. The molecule has 0 spiro atoms. The van der Waals surface area contributed by atoms with Crippen LogP contribution in [0.1, 0.15) is 42.9 Å². The Labute approximate surface area is 130 Å². The van der Waals surface area contributed by atoms with E-state index in [-0.39, 0.29) is 11.9 Å². The van der Waals surface area contributed by atoms with Crippen LogP contribution in [-0.4, -0.2) is 48.8 Å². The Balaban J connectivity index is 2.02. The van der Waals surface area contributed by atoms with Gasteiger partial charge in [0.2, 0.25) is 0 Å². The second kappa shape index (κ2) is 7.87. The Bertz CT molecular complexity index is 464. The molecule has 1 aromatic heterocycles. The molecule has 0 bridgehead atoms. The van der Waals surface area contributed by atoms with Gasteiger partial charge in [0.05, 0.1) is 19.3 Å². The van der Waals surface area contributed by atoms with E-state index in [2.05, 4.69) is 4.98 Å². The second-order valence-corrected chi connectivity index (χ2v) is 6.27. The third-order valence-electron chi connectivity index (χ3n) is 3.71. The van der Waals surface area contributed by atoms with Crippen LogP contribution in [0.3, 0.4) is 0 Å². The average molecular weight is 312 g/mol. The fraction of sp³-hybridized carbons (Fsp3) is 0.733. The summed E-state index contributed by atoms with van der Waals surface area (Å²) in [5.41, 5.74) is 1.03. The maximum absolute atomic E-state index is 12.6. The highest BCUT2D eigenvalue weighted by molar-refractivity contribution is 7.09. The average Bonchev–Trinajstić information content (AvgIpc) is 2.93. The first-order valence-electron chi connectivity index (χ1n) is 7.46. The lowest BCUT2D eigenvalue weighted by atomic mass is 10.0. The van der Waals surface area contributed by atoms with Crippen LogP contribution in [0.15, 0.2) is 5.38 Å². The van der Waals surface area contributed by atoms with Crippen LogP contribution in [0.2, 0.25) is 0 Å². The number of hydrogen-bond acceptors (Lipinski definition) is 5. The molecule has 1 amide bonds. The minimum atomic E-state index is -0.429. The Morgan fingerprint density at radius 1 is 1.52 bits per heavy atom. The molecule has 0 saturated carbocycles. The molecule has 2 rings (SSSR count). The minimum absolute atomic E-state index is 0.0589. The van der Waals surface area contributed by atoms with Crippen LogP contribution >= 0.6 is 11.3 Å². The van der Waals surface area contributed by atoms with Crippen LogP contribution < -0.4 is 0 Å². The number of thiazole rings is 1. The van der Waals surface area contributed by atoms with Crippen molar-refractivity contribution in [2.24, 2.45) is 0 Å². The Hall–Kier alpha value is -0.980. The molecule has 1 saturated heterocycles. The summed E-state index contributed by atoms with van der Waals surface area (Å²) in [5, 5.41) is 3.09. The van der Waals surface area contributed by atoms with Gasteiger partial charge in [0.25, 0.3) is 5.91 Å². The third kappa shape index (κ3) is 4.25. The maximum atomic E-state index is 12.6. The van der Waals surface area contributed by atoms with Crippen LogP contribution in [0.4, 0.5) is 0 Å². The number of ether oxygens (including phenoxy) is 2. The van der Waals surface area contributed by atoms with Crippen LogP contribution in [0.25, 0.3) is 0 Å². The number of rotatable bonds is 6. The minimum Gasteiger partial charge on any atom is -0.382 e. The fourth-order valence-corrected chi connectivity index (χ4v) is 3.53. The second-order valence-electron chi connectivity index (χ2n) is 5.38. The zero-order valence-corrected chi connectivity index (χ0v) is 13.8. The highest BCUT2D eigenvalue weighted by atomic mass is 32.1. The summed E-state index contributed by atoms with van der Waals surface area (Å²) >= 11 is 1.64. The van der Waals surface area contributed by atoms with E-state index in [0.29, 0.717) is 13.2 Å². The standard InChI is InChI=1S/C15H24N2O3S/c1-11-10-21-14(16-11)13-6-4-5-7-17(13)15(18)12(2)20-9-8-19-3/h10,12-13H,4-9H2,1-3H3/t12-,13+/m0/s1. The van der Waals surface area contributed by atoms with Crippen LogP contribution in [0, 0.1) is 6.92 Å². The topological polar surface area (TPSA) is 51.7 Å². The molecule has 1 aromatic rings. The van der Waals surface area contributed by atoms with Crippen LogP contribution in [0.5, 0.6) is 0 Å². The van der Waals surface area contributed by atoms with Crippen molar-refractivity contribution < 1.29 is 14.3 Å². The van der Waals surface area contributed by atoms with Crippen molar-refractivity contribution >= 4 is 17.2 Å². The lowest BCUT2D eigenvalue weighted by Crippen LogP contribution is -2.44. The van der Waals surface area contributed by atoms with Gasteiger partial charge in [-0.1, -0.05) is 0 Å². The number of carbonyl (C=O) groups is 1. The van der Waals surface area contributed by atoms with Gasteiger partial charge in [-0.2, -0.15) is 0 Å². The number of aromatic nitrogens is 1. The Morgan fingerprint density at radius 3 is 3.00 bits per heavy atom. The van der Waals surface area contributed by atoms with E-state index in [0.717, 1.165) is 36.5 Å². The summed E-state index contributed by atoms with van der Waals surface area (Å²) in [5.74, 6) is 0.0589. The van der Waals surface area contributed by atoms with Crippen molar-refractivity contribution in [3.63, 3.8) is 0 Å². The predicted molar refractivity (Wildman–Crippen MR) is 82.4 cm³/mol. The molecular formula is C15H24N2O3S. The summed E-state index contributed by atoms with van der Waals surface area (Å²) in [4.78, 5) is 19.1. The highest BCUT2D eigenvalue weighted by Gasteiger charge is 2.32. The summed E-state index contributed by atoms with van der Waals surface area (Å²) in [6.07, 6.45) is 2.76. The summed E-state index contributed by atoms with van der Waals surface area (Å²) in [7, 11) is 1.63. The molecule has 5 nitrogen and oxygen atoms in total. The largest absolute Gasteiger partial charge is 0.382 e.